The highest BCUT2D eigenvalue weighted by Crippen LogP contribution is 2.16. The molecule has 0 aliphatic carbocycles. The summed E-state index contributed by atoms with van der Waals surface area (Å²) in [6.07, 6.45) is -4.40. The van der Waals surface area contributed by atoms with E-state index in [0.29, 0.717) is 0 Å². The molecule has 0 aromatic heterocycles. The summed E-state index contributed by atoms with van der Waals surface area (Å²) in [6.45, 7) is -0.0411. The van der Waals surface area contributed by atoms with Crippen molar-refractivity contribution in [2.24, 2.45) is 0 Å². The maximum Gasteiger partial charge on any atom is 0.401 e. The van der Waals surface area contributed by atoms with E-state index in [9.17, 15) is 18.0 Å². The number of nitrogens with one attached hydrogen (secondary N) is 1. The molecule has 0 aliphatic heterocycles. The van der Waals surface area contributed by atoms with Crippen molar-refractivity contribution in [2.45, 2.75) is 19.6 Å². The number of benzene rings is 1. The fourth-order valence-corrected chi connectivity index (χ4v) is 1.77. The summed E-state index contributed by atoms with van der Waals surface area (Å²) in [5.74, 6) is -0.506. The summed E-state index contributed by atoms with van der Waals surface area (Å²) < 4.78 is 36.9. The molecule has 1 amide bonds. The molecule has 0 atom stereocenters. The highest BCUT2D eigenvalue weighted by atomic mass is 19.4. The first-order valence-corrected chi connectivity index (χ1v) is 6.52. The molecule has 0 bridgehead atoms. The van der Waals surface area contributed by atoms with Crippen molar-refractivity contribution in [1.82, 2.24) is 10.2 Å². The highest BCUT2D eigenvalue weighted by Gasteiger charge is 2.31. The number of nitrogens with zero attached hydrogens (tertiary/aromatic N) is 1. The van der Waals surface area contributed by atoms with E-state index in [1.54, 1.807) is 0 Å². The first kappa shape index (κ1) is 17.5. The van der Waals surface area contributed by atoms with Gasteiger partial charge in [0.05, 0.1) is 19.7 Å². The number of amides is 1. The number of hydrogen-bond acceptors (Lipinski definition) is 3. The molecule has 0 fully saturated rings. The van der Waals surface area contributed by atoms with Crippen molar-refractivity contribution in [2.75, 3.05) is 26.2 Å². The molecule has 0 spiro atoms. The van der Waals surface area contributed by atoms with Crippen LogP contribution < -0.4 is 5.32 Å². The van der Waals surface area contributed by atoms with Crippen LogP contribution in [0, 0.1) is 6.92 Å². The Morgan fingerprint density at radius 1 is 1.29 bits per heavy atom. The standard InChI is InChI=1S/C14H19F3N2O2/c1-11-2-4-12(5-3-11)8-18-13(21)9-19(6-7-20)10-14(15,16)17/h2-5,20H,6-10H2,1H3,(H,18,21). The molecule has 7 heteroatoms. The Hall–Kier alpha value is -1.60. The number of rotatable bonds is 7. The van der Waals surface area contributed by atoms with E-state index in [1.807, 2.05) is 31.2 Å². The summed E-state index contributed by atoms with van der Waals surface area (Å²) in [7, 11) is 0. The Balaban J connectivity index is 2.44. The molecule has 0 saturated heterocycles. The van der Waals surface area contributed by atoms with Crippen LogP contribution in [0.5, 0.6) is 0 Å². The van der Waals surface area contributed by atoms with Gasteiger partial charge < -0.3 is 10.4 Å². The van der Waals surface area contributed by atoms with E-state index in [4.69, 9.17) is 5.11 Å². The third kappa shape index (κ3) is 7.67. The molecule has 0 radical (unpaired) electrons. The van der Waals surface area contributed by atoms with Gasteiger partial charge in [-0.25, -0.2) is 0 Å². The van der Waals surface area contributed by atoms with Crippen molar-refractivity contribution >= 4 is 5.91 Å². The summed E-state index contributed by atoms with van der Waals surface area (Å²) in [4.78, 5) is 12.5. The van der Waals surface area contributed by atoms with E-state index in [-0.39, 0.29) is 13.1 Å². The average Bonchev–Trinajstić information content (AvgIpc) is 2.36. The molecule has 1 aromatic rings. The normalized spacial score (nSPS) is 11.7. The van der Waals surface area contributed by atoms with Crippen LogP contribution in [-0.4, -0.2) is 48.3 Å². The number of alkyl halides is 3. The molecule has 1 aromatic carbocycles. The first-order valence-electron chi connectivity index (χ1n) is 6.52. The largest absolute Gasteiger partial charge is 0.401 e. The zero-order chi connectivity index (χ0) is 15.9. The second-order valence-corrected chi connectivity index (χ2v) is 4.81. The van der Waals surface area contributed by atoms with Gasteiger partial charge >= 0.3 is 6.18 Å². The number of carbonyl (C=O) groups excluding carboxylic acids is 1. The third-order valence-electron chi connectivity index (χ3n) is 2.80. The van der Waals surface area contributed by atoms with Gasteiger partial charge in [0.1, 0.15) is 0 Å². The van der Waals surface area contributed by atoms with Gasteiger partial charge in [0.25, 0.3) is 0 Å². The van der Waals surface area contributed by atoms with Gasteiger partial charge in [0, 0.05) is 13.1 Å². The molecule has 1 rings (SSSR count). The average molecular weight is 304 g/mol. The van der Waals surface area contributed by atoms with Crippen LogP contribution >= 0.6 is 0 Å². The lowest BCUT2D eigenvalue weighted by Gasteiger charge is -2.22. The van der Waals surface area contributed by atoms with Crippen molar-refractivity contribution in [1.29, 1.82) is 0 Å². The Morgan fingerprint density at radius 3 is 2.43 bits per heavy atom. The van der Waals surface area contributed by atoms with Gasteiger partial charge in [-0.3, -0.25) is 9.69 Å². The van der Waals surface area contributed by atoms with E-state index < -0.39 is 31.8 Å². The van der Waals surface area contributed by atoms with Crippen LogP contribution in [0.4, 0.5) is 13.2 Å². The predicted molar refractivity (Wildman–Crippen MR) is 72.6 cm³/mol. The quantitative estimate of drug-likeness (QED) is 0.802. The van der Waals surface area contributed by atoms with Gasteiger partial charge in [-0.1, -0.05) is 29.8 Å². The SMILES string of the molecule is Cc1ccc(CNC(=O)CN(CCO)CC(F)(F)F)cc1. The zero-order valence-corrected chi connectivity index (χ0v) is 11.8. The number of hydrogen-bond donors (Lipinski definition) is 2. The predicted octanol–water partition coefficient (Wildman–Crippen LogP) is 1.47. The fraction of sp³-hybridized carbons (Fsp3) is 0.500. The van der Waals surface area contributed by atoms with Crippen LogP contribution in [0.25, 0.3) is 0 Å². The lowest BCUT2D eigenvalue weighted by Crippen LogP contribution is -2.42. The molecule has 0 heterocycles. The number of halogens is 3. The molecule has 2 N–H and O–H groups in total. The second-order valence-electron chi connectivity index (χ2n) is 4.81. The maximum absolute atomic E-state index is 12.3. The Kier molecular flexibility index (Phi) is 6.64. The maximum atomic E-state index is 12.3. The molecule has 0 unspecified atom stereocenters. The number of carbonyl (C=O) groups is 1. The number of aliphatic hydroxyl groups is 1. The molecule has 4 nitrogen and oxygen atoms in total. The van der Waals surface area contributed by atoms with Crippen LogP contribution in [-0.2, 0) is 11.3 Å². The monoisotopic (exact) mass is 304 g/mol. The smallest absolute Gasteiger partial charge is 0.395 e. The van der Waals surface area contributed by atoms with Gasteiger partial charge in [-0.15, -0.1) is 0 Å². The van der Waals surface area contributed by atoms with Crippen LogP contribution in [0.1, 0.15) is 11.1 Å². The second kappa shape index (κ2) is 7.99. The van der Waals surface area contributed by atoms with Gasteiger partial charge in [-0.05, 0) is 12.5 Å². The Bertz CT molecular complexity index is 447. The summed E-state index contributed by atoms with van der Waals surface area (Å²) in [6, 6.07) is 7.47. The van der Waals surface area contributed by atoms with Crippen LogP contribution in [0.15, 0.2) is 24.3 Å². The highest BCUT2D eigenvalue weighted by molar-refractivity contribution is 5.78. The van der Waals surface area contributed by atoms with E-state index in [1.165, 1.54) is 0 Å². The van der Waals surface area contributed by atoms with Crippen molar-refractivity contribution in [3.05, 3.63) is 35.4 Å². The van der Waals surface area contributed by atoms with E-state index in [0.717, 1.165) is 16.0 Å². The Labute approximate surface area is 121 Å². The van der Waals surface area contributed by atoms with Gasteiger partial charge in [-0.2, -0.15) is 13.2 Å². The summed E-state index contributed by atoms with van der Waals surface area (Å²) >= 11 is 0. The number of aryl methyl sites for hydroxylation is 1. The van der Waals surface area contributed by atoms with Crippen molar-refractivity contribution in [3.63, 3.8) is 0 Å². The van der Waals surface area contributed by atoms with Gasteiger partial charge in [0.15, 0.2) is 0 Å². The molecule has 0 saturated carbocycles. The van der Waals surface area contributed by atoms with Crippen LogP contribution in [0.3, 0.4) is 0 Å². The first-order chi connectivity index (χ1) is 9.80. The zero-order valence-electron chi connectivity index (χ0n) is 11.8. The van der Waals surface area contributed by atoms with Crippen molar-refractivity contribution in [3.8, 4) is 0 Å². The van der Waals surface area contributed by atoms with E-state index >= 15 is 0 Å². The third-order valence-corrected chi connectivity index (χ3v) is 2.80. The van der Waals surface area contributed by atoms with Gasteiger partial charge in [0.2, 0.25) is 5.91 Å². The minimum absolute atomic E-state index is 0.197. The summed E-state index contributed by atoms with van der Waals surface area (Å²) in [5.41, 5.74) is 1.96. The topological polar surface area (TPSA) is 52.6 Å². The molecule has 21 heavy (non-hydrogen) atoms. The Morgan fingerprint density at radius 2 is 1.90 bits per heavy atom. The van der Waals surface area contributed by atoms with Crippen molar-refractivity contribution < 1.29 is 23.1 Å². The number of aliphatic hydroxyl groups excluding tert-OH is 1. The molecular weight excluding hydrogens is 285 g/mol. The lowest BCUT2D eigenvalue weighted by molar-refractivity contribution is -0.149. The molecule has 118 valence electrons. The lowest BCUT2D eigenvalue weighted by atomic mass is 10.1. The molecule has 0 aliphatic rings. The fourth-order valence-electron chi connectivity index (χ4n) is 1.77. The minimum Gasteiger partial charge on any atom is -0.395 e. The minimum atomic E-state index is -4.40. The van der Waals surface area contributed by atoms with E-state index in [2.05, 4.69) is 5.32 Å². The summed E-state index contributed by atoms with van der Waals surface area (Å²) in [5, 5.41) is 11.3. The van der Waals surface area contributed by atoms with Crippen LogP contribution in [0.2, 0.25) is 0 Å². The molecular formula is C14H19F3N2O2.